The number of rotatable bonds is 11. The summed E-state index contributed by atoms with van der Waals surface area (Å²) in [5.74, 6) is 0.407. The van der Waals surface area contributed by atoms with Gasteiger partial charge >= 0.3 is 5.97 Å². The maximum atomic E-state index is 11.1. The van der Waals surface area contributed by atoms with Crippen molar-refractivity contribution < 1.29 is 19.7 Å². The molecule has 0 aliphatic rings. The van der Waals surface area contributed by atoms with Gasteiger partial charge in [0, 0.05) is 5.41 Å². The molecule has 4 nitrogen and oxygen atoms in total. The van der Waals surface area contributed by atoms with Crippen LogP contribution in [-0.4, -0.2) is 21.8 Å². The topological polar surface area (TPSA) is 66.8 Å². The van der Waals surface area contributed by atoms with Crippen LogP contribution in [0.2, 0.25) is 0 Å². The minimum Gasteiger partial charge on any atom is -0.478 e. The Labute approximate surface area is 221 Å². The van der Waals surface area contributed by atoms with Gasteiger partial charge in [0.05, 0.1) is 11.2 Å². The summed E-state index contributed by atoms with van der Waals surface area (Å²) in [6, 6.07) is 19.5. The van der Waals surface area contributed by atoms with E-state index in [1.165, 1.54) is 16.7 Å². The van der Waals surface area contributed by atoms with Gasteiger partial charge < -0.3 is 14.9 Å². The van der Waals surface area contributed by atoms with Gasteiger partial charge in [-0.15, -0.1) is 0 Å². The maximum absolute atomic E-state index is 11.1. The number of aromatic carboxylic acids is 1. The van der Waals surface area contributed by atoms with Gasteiger partial charge in [0.25, 0.3) is 0 Å². The lowest BCUT2D eigenvalue weighted by atomic mass is 9.70. The second-order valence-electron chi connectivity index (χ2n) is 9.92. The summed E-state index contributed by atoms with van der Waals surface area (Å²) >= 11 is 0. The summed E-state index contributed by atoms with van der Waals surface area (Å²) in [4.78, 5) is 11.1. The van der Waals surface area contributed by atoms with E-state index in [-0.39, 0.29) is 11.0 Å². The quantitative estimate of drug-likeness (QED) is 0.277. The Morgan fingerprint density at radius 2 is 1.38 bits per heavy atom. The summed E-state index contributed by atoms with van der Waals surface area (Å²) < 4.78 is 6.07. The second kappa shape index (κ2) is 11.8. The van der Waals surface area contributed by atoms with E-state index in [9.17, 15) is 9.90 Å². The van der Waals surface area contributed by atoms with Crippen LogP contribution in [0.1, 0.15) is 91.6 Å². The summed E-state index contributed by atoms with van der Waals surface area (Å²) in [7, 11) is 0. The molecule has 0 bridgehead atoms. The van der Waals surface area contributed by atoms with E-state index in [1.54, 1.807) is 24.3 Å². The lowest BCUT2D eigenvalue weighted by molar-refractivity contribution is 0.0696. The molecule has 2 N–H and O–H groups in total. The van der Waals surface area contributed by atoms with Crippen molar-refractivity contribution in [2.75, 3.05) is 0 Å². The van der Waals surface area contributed by atoms with Crippen LogP contribution in [0.3, 0.4) is 0 Å². The molecule has 0 radical (unpaired) electrons. The van der Waals surface area contributed by atoms with Crippen LogP contribution in [0.5, 0.6) is 11.5 Å². The first-order valence-corrected chi connectivity index (χ1v) is 13.3. The maximum Gasteiger partial charge on any atom is 0.335 e. The minimum atomic E-state index is -0.953. The molecule has 0 amide bonds. The molecule has 3 aromatic rings. The third-order valence-corrected chi connectivity index (χ3v) is 7.88. The molecule has 0 saturated carbocycles. The summed E-state index contributed by atoms with van der Waals surface area (Å²) in [6.45, 7) is 12.7. The fourth-order valence-corrected chi connectivity index (χ4v) is 4.98. The third-order valence-electron chi connectivity index (χ3n) is 7.88. The van der Waals surface area contributed by atoms with Gasteiger partial charge in [0.15, 0.2) is 0 Å². The number of benzene rings is 3. The van der Waals surface area contributed by atoms with Crippen LogP contribution < -0.4 is 4.74 Å². The Bertz CT molecular complexity index is 1250. The highest BCUT2D eigenvalue weighted by molar-refractivity contribution is 5.87. The Morgan fingerprint density at radius 1 is 0.811 bits per heavy atom. The van der Waals surface area contributed by atoms with E-state index >= 15 is 0 Å². The molecule has 0 saturated heterocycles. The zero-order valence-corrected chi connectivity index (χ0v) is 23.0. The summed E-state index contributed by atoms with van der Waals surface area (Å²) in [6.07, 6.45) is 7.28. The SMILES string of the molecule is CCC(O)(/C=C/c1ccc(C(CC)(CC)c2ccc(Oc3ccc(C(=O)O)cc3)c(C)c2)cc1C)CC. The van der Waals surface area contributed by atoms with Gasteiger partial charge in [-0.25, -0.2) is 4.79 Å². The molecule has 196 valence electrons. The first-order valence-electron chi connectivity index (χ1n) is 13.3. The largest absolute Gasteiger partial charge is 0.478 e. The lowest BCUT2D eigenvalue weighted by Crippen LogP contribution is -2.26. The third kappa shape index (κ3) is 6.14. The number of carboxylic acid groups (broad SMARTS) is 1. The molecule has 4 heteroatoms. The van der Waals surface area contributed by atoms with E-state index in [0.29, 0.717) is 18.6 Å². The van der Waals surface area contributed by atoms with Gasteiger partial charge in [0.2, 0.25) is 0 Å². The van der Waals surface area contributed by atoms with E-state index in [2.05, 4.69) is 51.1 Å². The Kier molecular flexibility index (Phi) is 8.98. The molecule has 0 atom stereocenters. The highest BCUT2D eigenvalue weighted by Crippen LogP contribution is 2.41. The van der Waals surface area contributed by atoms with Crippen molar-refractivity contribution in [2.24, 2.45) is 0 Å². The molecule has 37 heavy (non-hydrogen) atoms. The molecule has 3 aromatic carbocycles. The number of ether oxygens (including phenoxy) is 1. The van der Waals surface area contributed by atoms with Crippen molar-refractivity contribution in [1.82, 2.24) is 0 Å². The van der Waals surface area contributed by atoms with Gasteiger partial charge in [-0.2, -0.15) is 0 Å². The normalized spacial score (nSPS) is 12.2. The van der Waals surface area contributed by atoms with Crippen molar-refractivity contribution in [2.45, 2.75) is 78.2 Å². The molecule has 0 aliphatic heterocycles. The van der Waals surface area contributed by atoms with Crippen LogP contribution in [0.15, 0.2) is 66.7 Å². The lowest BCUT2D eigenvalue weighted by Gasteiger charge is -2.34. The Morgan fingerprint density at radius 3 is 1.86 bits per heavy atom. The van der Waals surface area contributed by atoms with Crippen LogP contribution >= 0.6 is 0 Å². The Hall–Kier alpha value is -3.37. The highest BCUT2D eigenvalue weighted by atomic mass is 16.5. The average Bonchev–Trinajstić information content (AvgIpc) is 2.90. The first kappa shape index (κ1) is 28.2. The molecular weight excluding hydrogens is 460 g/mol. The van der Waals surface area contributed by atoms with Gasteiger partial charge in [-0.05, 0) is 97.7 Å². The van der Waals surface area contributed by atoms with E-state index in [0.717, 1.165) is 29.7 Å². The molecule has 0 unspecified atom stereocenters. The Balaban J connectivity index is 1.92. The minimum absolute atomic E-state index is 0.132. The summed E-state index contributed by atoms with van der Waals surface area (Å²) in [5, 5.41) is 19.8. The zero-order chi connectivity index (χ0) is 27.2. The molecular formula is C33H40O4. The van der Waals surface area contributed by atoms with Crippen molar-refractivity contribution in [3.05, 3.63) is 100 Å². The van der Waals surface area contributed by atoms with Crippen molar-refractivity contribution in [3.63, 3.8) is 0 Å². The fraction of sp³-hybridized carbons (Fsp3) is 0.364. The molecule has 0 fully saturated rings. The van der Waals surface area contributed by atoms with Crippen LogP contribution in [-0.2, 0) is 5.41 Å². The molecule has 0 aliphatic carbocycles. The highest BCUT2D eigenvalue weighted by Gasteiger charge is 2.31. The van der Waals surface area contributed by atoms with E-state index in [1.807, 2.05) is 39.0 Å². The van der Waals surface area contributed by atoms with Crippen LogP contribution in [0.25, 0.3) is 6.08 Å². The predicted octanol–water partition coefficient (Wildman–Crippen LogP) is 8.46. The van der Waals surface area contributed by atoms with Gasteiger partial charge in [-0.3, -0.25) is 0 Å². The smallest absolute Gasteiger partial charge is 0.335 e. The van der Waals surface area contributed by atoms with Crippen molar-refractivity contribution in [3.8, 4) is 11.5 Å². The van der Waals surface area contributed by atoms with E-state index < -0.39 is 11.6 Å². The number of carboxylic acids is 1. The predicted molar refractivity (Wildman–Crippen MR) is 152 cm³/mol. The number of carbonyl (C=O) groups is 1. The van der Waals surface area contributed by atoms with Crippen molar-refractivity contribution in [1.29, 1.82) is 0 Å². The molecule has 0 heterocycles. The fourth-order valence-electron chi connectivity index (χ4n) is 4.98. The average molecular weight is 501 g/mol. The zero-order valence-electron chi connectivity index (χ0n) is 23.0. The number of hydrogen-bond donors (Lipinski definition) is 2. The molecule has 0 spiro atoms. The number of aliphatic hydroxyl groups is 1. The van der Waals surface area contributed by atoms with Gasteiger partial charge in [0.1, 0.15) is 11.5 Å². The second-order valence-corrected chi connectivity index (χ2v) is 9.92. The standard InChI is InChI=1S/C33H40O4/c1-7-32(36,8-2)20-19-25-11-14-27(21-23(25)5)33(9-3,10-4)28-15-18-30(24(6)22-28)37-29-16-12-26(13-17-29)31(34)35/h11-22,36H,7-10H2,1-6H3,(H,34,35)/b20-19+. The van der Waals surface area contributed by atoms with Crippen molar-refractivity contribution >= 4 is 12.0 Å². The molecule has 0 aromatic heterocycles. The monoisotopic (exact) mass is 500 g/mol. The first-order chi connectivity index (χ1) is 17.6. The van der Waals surface area contributed by atoms with Crippen LogP contribution in [0.4, 0.5) is 0 Å². The van der Waals surface area contributed by atoms with Gasteiger partial charge in [-0.1, -0.05) is 70.2 Å². The summed E-state index contributed by atoms with van der Waals surface area (Å²) in [5.41, 5.74) is 5.21. The molecule has 3 rings (SSSR count). The van der Waals surface area contributed by atoms with E-state index in [4.69, 9.17) is 9.84 Å². The number of hydrogen-bond acceptors (Lipinski definition) is 3. The van der Waals surface area contributed by atoms with Crippen LogP contribution in [0, 0.1) is 13.8 Å². The number of aryl methyl sites for hydroxylation is 2.